The van der Waals surface area contributed by atoms with Crippen molar-refractivity contribution in [2.45, 2.75) is 37.2 Å². The number of rotatable bonds is 7. The lowest BCUT2D eigenvalue weighted by Gasteiger charge is -2.12. The minimum absolute atomic E-state index is 0.110. The van der Waals surface area contributed by atoms with E-state index in [4.69, 9.17) is 16.3 Å². The van der Waals surface area contributed by atoms with Crippen LogP contribution in [-0.2, 0) is 21.2 Å². The van der Waals surface area contributed by atoms with Crippen LogP contribution in [0.15, 0.2) is 47.4 Å². The molecule has 0 bridgehead atoms. The van der Waals surface area contributed by atoms with Crippen LogP contribution in [0, 0.1) is 0 Å². The molecule has 8 heteroatoms. The van der Waals surface area contributed by atoms with Crippen LogP contribution in [0.25, 0.3) is 0 Å². The van der Waals surface area contributed by atoms with Gasteiger partial charge >= 0.3 is 0 Å². The number of halogens is 1. The van der Waals surface area contributed by atoms with Crippen LogP contribution < -0.4 is 14.8 Å². The molecule has 1 aliphatic heterocycles. The molecule has 0 saturated heterocycles. The lowest BCUT2D eigenvalue weighted by atomic mass is 10.1. The Morgan fingerprint density at radius 1 is 1.26 bits per heavy atom. The summed E-state index contributed by atoms with van der Waals surface area (Å²) in [6, 6.07) is 11.4. The van der Waals surface area contributed by atoms with Gasteiger partial charge in [0.25, 0.3) is 5.91 Å². The summed E-state index contributed by atoms with van der Waals surface area (Å²) in [5, 5.41) is 3.31. The molecule has 1 amide bonds. The highest BCUT2D eigenvalue weighted by atomic mass is 35.5. The third-order valence-electron chi connectivity index (χ3n) is 4.22. The molecule has 6 nitrogen and oxygen atoms in total. The highest BCUT2D eigenvalue weighted by Crippen LogP contribution is 2.31. The van der Waals surface area contributed by atoms with Crippen molar-refractivity contribution < 1.29 is 17.9 Å². The normalized spacial score (nSPS) is 15.9. The van der Waals surface area contributed by atoms with Gasteiger partial charge in [-0.1, -0.05) is 31.0 Å². The number of carbonyl (C=O) groups excluding carboxylic acids is 1. The predicted octanol–water partition coefficient (Wildman–Crippen LogP) is 3.36. The predicted molar refractivity (Wildman–Crippen MR) is 105 cm³/mol. The van der Waals surface area contributed by atoms with Crippen LogP contribution in [0.2, 0.25) is 5.02 Å². The van der Waals surface area contributed by atoms with E-state index in [1.54, 1.807) is 30.3 Å². The number of fused-ring (bicyclic) bond motifs is 1. The number of hydrogen-bond acceptors (Lipinski definition) is 4. The summed E-state index contributed by atoms with van der Waals surface area (Å²) in [4.78, 5) is 12.6. The first-order chi connectivity index (χ1) is 12.9. The molecule has 27 heavy (non-hydrogen) atoms. The molecule has 144 valence electrons. The first-order valence-corrected chi connectivity index (χ1v) is 10.6. The Hall–Kier alpha value is -2.09. The molecule has 0 aliphatic carbocycles. The van der Waals surface area contributed by atoms with Crippen molar-refractivity contribution in [1.82, 2.24) is 4.72 Å². The molecular weight excluding hydrogens is 388 g/mol. The Labute approximate surface area is 163 Å². The maximum Gasteiger partial charge on any atom is 0.265 e. The van der Waals surface area contributed by atoms with E-state index in [0.717, 1.165) is 18.4 Å². The second kappa shape index (κ2) is 8.29. The van der Waals surface area contributed by atoms with E-state index in [-0.39, 0.29) is 10.8 Å². The average molecular weight is 409 g/mol. The Balaban J connectivity index is 1.67. The van der Waals surface area contributed by atoms with E-state index in [9.17, 15) is 13.2 Å². The Morgan fingerprint density at radius 3 is 2.85 bits per heavy atom. The van der Waals surface area contributed by atoms with E-state index in [1.165, 1.54) is 12.1 Å². The summed E-state index contributed by atoms with van der Waals surface area (Å²) >= 11 is 5.97. The number of anilines is 1. The molecule has 2 aromatic rings. The highest BCUT2D eigenvalue weighted by Gasteiger charge is 2.29. The van der Waals surface area contributed by atoms with E-state index >= 15 is 0 Å². The van der Waals surface area contributed by atoms with Gasteiger partial charge in [0, 0.05) is 23.7 Å². The SMILES string of the molecule is CCCCNS(=O)(=O)c1cccc(NC(=O)[C@H]2Cc3cc(Cl)ccc3O2)c1. The maximum atomic E-state index is 12.5. The van der Waals surface area contributed by atoms with Gasteiger partial charge in [0.2, 0.25) is 10.0 Å². The summed E-state index contributed by atoms with van der Waals surface area (Å²) in [6.07, 6.45) is 1.40. The molecule has 0 aromatic heterocycles. The molecule has 0 unspecified atom stereocenters. The van der Waals surface area contributed by atoms with Crippen LogP contribution >= 0.6 is 11.6 Å². The highest BCUT2D eigenvalue weighted by molar-refractivity contribution is 7.89. The van der Waals surface area contributed by atoms with E-state index < -0.39 is 16.1 Å². The lowest BCUT2D eigenvalue weighted by Crippen LogP contribution is -2.31. The van der Waals surface area contributed by atoms with Crippen molar-refractivity contribution in [2.75, 3.05) is 11.9 Å². The topological polar surface area (TPSA) is 84.5 Å². The summed E-state index contributed by atoms with van der Waals surface area (Å²) < 4.78 is 32.9. The molecule has 1 atom stereocenters. The van der Waals surface area contributed by atoms with Gasteiger partial charge in [0.15, 0.2) is 6.10 Å². The van der Waals surface area contributed by atoms with Crippen LogP contribution in [0.4, 0.5) is 5.69 Å². The number of benzene rings is 2. The van der Waals surface area contributed by atoms with Gasteiger partial charge in [0.1, 0.15) is 5.75 Å². The summed E-state index contributed by atoms with van der Waals surface area (Å²) in [7, 11) is -3.61. The molecular formula is C19H21ClN2O4S. The van der Waals surface area contributed by atoms with Crippen LogP contribution in [0.1, 0.15) is 25.3 Å². The fourth-order valence-electron chi connectivity index (χ4n) is 2.79. The first-order valence-electron chi connectivity index (χ1n) is 8.75. The summed E-state index contributed by atoms with van der Waals surface area (Å²) in [6.45, 7) is 2.37. The lowest BCUT2D eigenvalue weighted by molar-refractivity contribution is -0.122. The van der Waals surface area contributed by atoms with E-state index in [1.807, 2.05) is 6.92 Å². The van der Waals surface area contributed by atoms with Crippen molar-refractivity contribution >= 4 is 33.2 Å². The van der Waals surface area contributed by atoms with Gasteiger partial charge in [-0.15, -0.1) is 0 Å². The Bertz CT molecular complexity index is 946. The minimum atomic E-state index is -3.61. The van der Waals surface area contributed by atoms with Gasteiger partial charge in [-0.25, -0.2) is 13.1 Å². The fraction of sp³-hybridized carbons (Fsp3) is 0.316. The number of hydrogen-bond donors (Lipinski definition) is 2. The summed E-state index contributed by atoms with van der Waals surface area (Å²) in [5.74, 6) is 0.298. The zero-order chi connectivity index (χ0) is 19.4. The van der Waals surface area contributed by atoms with Crippen molar-refractivity contribution in [3.63, 3.8) is 0 Å². The molecule has 0 radical (unpaired) electrons. The number of sulfonamides is 1. The molecule has 1 heterocycles. The van der Waals surface area contributed by atoms with Crippen molar-refractivity contribution in [1.29, 1.82) is 0 Å². The fourth-order valence-corrected chi connectivity index (χ4v) is 4.11. The molecule has 1 aliphatic rings. The third-order valence-corrected chi connectivity index (χ3v) is 5.92. The van der Waals surface area contributed by atoms with Gasteiger partial charge in [-0.3, -0.25) is 4.79 Å². The maximum absolute atomic E-state index is 12.5. The largest absolute Gasteiger partial charge is 0.480 e. The Morgan fingerprint density at radius 2 is 2.07 bits per heavy atom. The van der Waals surface area contributed by atoms with Crippen LogP contribution in [0.5, 0.6) is 5.75 Å². The number of amides is 1. The average Bonchev–Trinajstić information content (AvgIpc) is 3.05. The first kappa shape index (κ1) is 19.7. The molecule has 0 fully saturated rings. The standard InChI is InChI=1S/C19H21ClN2O4S/c1-2-3-9-21-27(24,25)16-6-4-5-15(12-16)22-19(23)18-11-13-10-14(20)7-8-17(13)26-18/h4-8,10,12,18,21H,2-3,9,11H2,1H3,(H,22,23)/t18-/m1/s1. The minimum Gasteiger partial charge on any atom is -0.480 e. The Kier molecular flexibility index (Phi) is 6.04. The second-order valence-corrected chi connectivity index (χ2v) is 8.53. The van der Waals surface area contributed by atoms with Crippen LogP contribution in [-0.4, -0.2) is 27.0 Å². The van der Waals surface area contributed by atoms with Gasteiger partial charge in [-0.2, -0.15) is 0 Å². The van der Waals surface area contributed by atoms with E-state index in [2.05, 4.69) is 10.0 Å². The molecule has 0 spiro atoms. The zero-order valence-electron chi connectivity index (χ0n) is 14.9. The molecule has 3 rings (SSSR count). The summed E-state index contributed by atoms with van der Waals surface area (Å²) in [5.41, 5.74) is 1.27. The monoisotopic (exact) mass is 408 g/mol. The molecule has 2 N–H and O–H groups in total. The number of ether oxygens (including phenoxy) is 1. The molecule has 2 aromatic carbocycles. The van der Waals surface area contributed by atoms with Crippen LogP contribution in [0.3, 0.4) is 0 Å². The van der Waals surface area contributed by atoms with Gasteiger partial charge < -0.3 is 10.1 Å². The second-order valence-electron chi connectivity index (χ2n) is 6.33. The van der Waals surface area contributed by atoms with Crippen molar-refractivity contribution in [3.05, 3.63) is 53.1 Å². The van der Waals surface area contributed by atoms with Gasteiger partial charge in [-0.05, 0) is 48.4 Å². The zero-order valence-corrected chi connectivity index (χ0v) is 16.4. The number of nitrogens with one attached hydrogen (secondary N) is 2. The number of unbranched alkanes of at least 4 members (excludes halogenated alkanes) is 1. The molecule has 0 saturated carbocycles. The quantitative estimate of drug-likeness (QED) is 0.688. The number of carbonyl (C=O) groups is 1. The van der Waals surface area contributed by atoms with Crippen molar-refractivity contribution in [2.24, 2.45) is 0 Å². The van der Waals surface area contributed by atoms with Gasteiger partial charge in [0.05, 0.1) is 4.90 Å². The smallest absolute Gasteiger partial charge is 0.265 e. The van der Waals surface area contributed by atoms with E-state index in [0.29, 0.717) is 29.4 Å². The third kappa shape index (κ3) is 4.80. The van der Waals surface area contributed by atoms with Crippen molar-refractivity contribution in [3.8, 4) is 5.75 Å².